The van der Waals surface area contributed by atoms with Crippen LogP contribution in [-0.4, -0.2) is 27.6 Å². The van der Waals surface area contributed by atoms with Gasteiger partial charge in [-0.15, -0.1) is 5.10 Å². The first-order chi connectivity index (χ1) is 11.0. The molecule has 0 saturated heterocycles. The van der Waals surface area contributed by atoms with Crippen molar-refractivity contribution in [1.82, 2.24) is 20.3 Å². The Morgan fingerprint density at radius 2 is 2.04 bits per heavy atom. The molecule has 0 atom stereocenters. The van der Waals surface area contributed by atoms with E-state index in [1.54, 1.807) is 0 Å². The van der Waals surface area contributed by atoms with Gasteiger partial charge in [0.1, 0.15) is 23.9 Å². The van der Waals surface area contributed by atoms with Crippen molar-refractivity contribution >= 4 is 6.09 Å². The fourth-order valence-corrected chi connectivity index (χ4v) is 1.81. The molecule has 0 bridgehead atoms. The summed E-state index contributed by atoms with van der Waals surface area (Å²) in [6, 6.07) is 3.65. The molecule has 124 valence electrons. The highest BCUT2D eigenvalue weighted by Crippen LogP contribution is 2.13. The molecule has 0 fully saturated rings. The third-order valence-corrected chi connectivity index (χ3v) is 2.97. The Morgan fingerprint density at radius 1 is 1.35 bits per heavy atom. The summed E-state index contributed by atoms with van der Waals surface area (Å²) in [4.78, 5) is 11.4. The maximum atomic E-state index is 13.6. The van der Waals surface area contributed by atoms with Crippen molar-refractivity contribution in [3.63, 3.8) is 0 Å². The van der Waals surface area contributed by atoms with Gasteiger partial charge >= 0.3 is 6.09 Å². The van der Waals surface area contributed by atoms with Gasteiger partial charge in [0.05, 0.1) is 12.7 Å². The normalized spacial score (nSPS) is 10.8. The monoisotopic (exact) mass is 324 g/mol. The second-order valence-corrected chi connectivity index (χ2v) is 5.46. The van der Waals surface area contributed by atoms with Crippen molar-refractivity contribution in [1.29, 1.82) is 0 Å². The number of hydrogen-bond donors (Lipinski definition) is 1. The highest BCUT2D eigenvalue weighted by atomic mass is 19.1. The number of ether oxygens (including phenoxy) is 1. The summed E-state index contributed by atoms with van der Waals surface area (Å²) in [6.07, 6.45) is 0.926. The smallest absolute Gasteiger partial charge is 0.407 e. The summed E-state index contributed by atoms with van der Waals surface area (Å²) >= 11 is 0. The van der Waals surface area contributed by atoms with E-state index in [1.807, 2.05) is 13.8 Å². The van der Waals surface area contributed by atoms with Gasteiger partial charge < -0.3 is 10.1 Å². The maximum Gasteiger partial charge on any atom is 0.407 e. The molecule has 23 heavy (non-hydrogen) atoms. The van der Waals surface area contributed by atoms with Crippen LogP contribution in [0.2, 0.25) is 0 Å². The minimum absolute atomic E-state index is 0.0658. The topological polar surface area (TPSA) is 69.0 Å². The zero-order valence-corrected chi connectivity index (χ0v) is 12.9. The van der Waals surface area contributed by atoms with Crippen molar-refractivity contribution in [2.45, 2.75) is 27.0 Å². The maximum absolute atomic E-state index is 13.6. The molecule has 0 aliphatic rings. The number of halogens is 2. The van der Waals surface area contributed by atoms with Gasteiger partial charge in [0, 0.05) is 12.1 Å². The van der Waals surface area contributed by atoms with Crippen LogP contribution in [0.25, 0.3) is 0 Å². The lowest BCUT2D eigenvalue weighted by atomic mass is 10.2. The molecule has 1 amide bonds. The number of alkyl carbamates (subject to hydrolysis) is 1. The lowest BCUT2D eigenvalue weighted by Gasteiger charge is -2.07. The van der Waals surface area contributed by atoms with Crippen LogP contribution in [0.15, 0.2) is 24.4 Å². The predicted molar refractivity (Wildman–Crippen MR) is 78.5 cm³/mol. The number of aromatic nitrogens is 3. The van der Waals surface area contributed by atoms with Crippen LogP contribution in [-0.2, 0) is 17.9 Å². The number of rotatable bonds is 6. The molecule has 1 N–H and O–H groups in total. The minimum Gasteiger partial charge on any atom is -0.443 e. The Hall–Kier alpha value is -2.51. The van der Waals surface area contributed by atoms with E-state index in [0.717, 1.165) is 0 Å². The molecule has 8 heteroatoms. The first kappa shape index (κ1) is 16.9. The quantitative estimate of drug-likeness (QED) is 0.886. The summed E-state index contributed by atoms with van der Waals surface area (Å²) in [7, 11) is 0. The molecule has 1 aromatic carbocycles. The average Bonchev–Trinajstić information content (AvgIpc) is 2.94. The van der Waals surface area contributed by atoms with Crippen molar-refractivity contribution in [3.8, 4) is 0 Å². The van der Waals surface area contributed by atoms with Gasteiger partial charge in [-0.25, -0.2) is 18.3 Å². The zero-order chi connectivity index (χ0) is 16.8. The van der Waals surface area contributed by atoms with Crippen molar-refractivity contribution in [2.75, 3.05) is 6.54 Å². The minimum atomic E-state index is -0.647. The summed E-state index contributed by atoms with van der Waals surface area (Å²) in [5, 5.41) is 10.2. The first-order valence-electron chi connectivity index (χ1n) is 7.18. The lowest BCUT2D eigenvalue weighted by Crippen LogP contribution is -2.27. The average molecular weight is 324 g/mol. The van der Waals surface area contributed by atoms with Gasteiger partial charge in [0.15, 0.2) is 0 Å². The van der Waals surface area contributed by atoms with Crippen LogP contribution >= 0.6 is 0 Å². The molecule has 0 aliphatic heterocycles. The van der Waals surface area contributed by atoms with Crippen LogP contribution in [0.1, 0.15) is 25.1 Å². The number of carbonyl (C=O) groups excluding carboxylic acids is 1. The Labute approximate surface area is 132 Å². The fraction of sp³-hybridized carbons (Fsp3) is 0.400. The number of nitrogens with zero attached hydrogens (tertiary/aromatic N) is 3. The van der Waals surface area contributed by atoms with Crippen LogP contribution in [0.3, 0.4) is 0 Å². The van der Waals surface area contributed by atoms with E-state index >= 15 is 0 Å². The van der Waals surface area contributed by atoms with Crippen molar-refractivity contribution in [2.24, 2.45) is 5.92 Å². The second kappa shape index (κ2) is 7.66. The number of amides is 1. The van der Waals surface area contributed by atoms with Crippen LogP contribution in [0.5, 0.6) is 0 Å². The highest BCUT2D eigenvalue weighted by Gasteiger charge is 2.11. The molecule has 0 spiro atoms. The van der Waals surface area contributed by atoms with E-state index in [1.165, 1.54) is 29.1 Å². The number of hydrogen-bond acceptors (Lipinski definition) is 4. The van der Waals surface area contributed by atoms with Gasteiger partial charge in [-0.2, -0.15) is 0 Å². The summed E-state index contributed by atoms with van der Waals surface area (Å²) in [6.45, 7) is 4.29. The van der Waals surface area contributed by atoms with Crippen LogP contribution in [0, 0.1) is 17.6 Å². The highest BCUT2D eigenvalue weighted by molar-refractivity contribution is 5.67. The van der Waals surface area contributed by atoms with Gasteiger partial charge in [-0.05, 0) is 18.1 Å². The van der Waals surface area contributed by atoms with Gasteiger partial charge in [-0.3, -0.25) is 0 Å². The van der Waals surface area contributed by atoms with Crippen molar-refractivity contribution in [3.05, 3.63) is 47.3 Å². The first-order valence-corrected chi connectivity index (χ1v) is 7.18. The summed E-state index contributed by atoms with van der Waals surface area (Å²) < 4.78 is 33.4. The van der Waals surface area contributed by atoms with Gasteiger partial charge in [0.25, 0.3) is 0 Å². The standard InChI is InChI=1S/C15H18F2N4O2/c1-10(2)6-18-15(22)23-9-11-7-21(20-19-11)8-12-13(16)4-3-5-14(12)17/h3-5,7,10H,6,8-9H2,1-2H3,(H,18,22). The third-order valence-electron chi connectivity index (χ3n) is 2.97. The Balaban J connectivity index is 1.90. The van der Waals surface area contributed by atoms with Crippen molar-refractivity contribution < 1.29 is 18.3 Å². The summed E-state index contributed by atoms with van der Waals surface area (Å²) in [5.74, 6) is -0.975. The largest absolute Gasteiger partial charge is 0.443 e. The number of carbonyl (C=O) groups is 1. The van der Waals surface area contributed by atoms with E-state index in [-0.39, 0.29) is 18.7 Å². The molecule has 0 saturated carbocycles. The Morgan fingerprint density at radius 3 is 2.70 bits per heavy atom. The van der Waals surface area contributed by atoms with E-state index in [4.69, 9.17) is 4.74 Å². The number of benzene rings is 1. The third kappa shape index (κ3) is 5.01. The SMILES string of the molecule is CC(C)CNC(=O)OCc1cn(Cc2c(F)cccc2F)nn1. The van der Waals surface area contributed by atoms with E-state index in [9.17, 15) is 13.6 Å². The molecular weight excluding hydrogens is 306 g/mol. The molecule has 1 heterocycles. The van der Waals surface area contributed by atoms with Crippen LogP contribution in [0.4, 0.5) is 13.6 Å². The second-order valence-electron chi connectivity index (χ2n) is 5.46. The molecule has 2 aromatic rings. The molecular formula is C15H18F2N4O2. The molecule has 0 aliphatic carbocycles. The van der Waals surface area contributed by atoms with Gasteiger partial charge in [-0.1, -0.05) is 25.1 Å². The summed E-state index contributed by atoms with van der Waals surface area (Å²) in [5.41, 5.74) is 0.293. The lowest BCUT2D eigenvalue weighted by molar-refractivity contribution is 0.137. The Bertz CT molecular complexity index is 653. The molecule has 0 radical (unpaired) electrons. The predicted octanol–water partition coefficient (Wildman–Crippen LogP) is 2.49. The number of nitrogens with one attached hydrogen (secondary N) is 1. The van der Waals surface area contributed by atoms with Crippen LogP contribution < -0.4 is 5.32 Å². The zero-order valence-electron chi connectivity index (χ0n) is 12.9. The fourth-order valence-electron chi connectivity index (χ4n) is 1.81. The molecule has 1 aromatic heterocycles. The molecule has 2 rings (SSSR count). The van der Waals surface area contributed by atoms with E-state index < -0.39 is 17.7 Å². The van der Waals surface area contributed by atoms with E-state index in [0.29, 0.717) is 18.2 Å². The Kier molecular flexibility index (Phi) is 5.61. The van der Waals surface area contributed by atoms with E-state index in [2.05, 4.69) is 15.6 Å². The molecule has 0 unspecified atom stereocenters. The van der Waals surface area contributed by atoms with Gasteiger partial charge in [0.2, 0.25) is 0 Å². The molecule has 6 nitrogen and oxygen atoms in total.